The van der Waals surface area contributed by atoms with Crippen LogP contribution in [0, 0.1) is 6.92 Å². The van der Waals surface area contributed by atoms with E-state index >= 15 is 0 Å². The number of hydrogen-bond donors (Lipinski definition) is 1. The molecule has 1 aromatic heterocycles. The summed E-state index contributed by atoms with van der Waals surface area (Å²) in [6, 6.07) is 5.64. The van der Waals surface area contributed by atoms with Gasteiger partial charge < -0.3 is 4.89 Å². The van der Waals surface area contributed by atoms with Crippen LogP contribution in [0.4, 0.5) is 0 Å². The van der Waals surface area contributed by atoms with Crippen molar-refractivity contribution < 1.29 is 9.46 Å². The maximum absolute atomic E-state index is 8.57. The maximum atomic E-state index is 8.57. The van der Waals surface area contributed by atoms with Gasteiger partial charge in [-0.1, -0.05) is 6.07 Å². The van der Waals surface area contributed by atoms with Gasteiger partial charge >= 0.3 is 0 Å². The Morgan fingerprint density at radius 3 is 2.40 bits per heavy atom. The molecule has 1 radical (unpaired) electrons. The third-order valence-corrected chi connectivity index (χ3v) is 0.726. The van der Waals surface area contributed by atoms with Crippen LogP contribution >= 0.6 is 8.69 Å². The fourth-order valence-corrected chi connectivity index (χ4v) is 0.398. The predicted octanol–water partition coefficient (Wildman–Crippen LogP) is 0.914. The fourth-order valence-electron chi connectivity index (χ4n) is 0.398. The lowest BCUT2D eigenvalue weighted by atomic mass is 10.4. The molecule has 0 aliphatic rings. The van der Waals surface area contributed by atoms with Gasteiger partial charge in [0, 0.05) is 11.9 Å². The molecule has 1 aromatic rings. The lowest BCUT2D eigenvalue weighted by Gasteiger charge is -1.82. The van der Waals surface area contributed by atoms with Gasteiger partial charge in [-0.25, -0.2) is 0 Å². The summed E-state index contributed by atoms with van der Waals surface area (Å²) in [6.07, 6.45) is 1.72. The third kappa shape index (κ3) is 5.48. The molecular formula is C6H9NO2P. The number of aromatic nitrogens is 1. The molecule has 0 spiro atoms. The van der Waals surface area contributed by atoms with Crippen LogP contribution in [-0.4, -0.2) is 9.88 Å². The molecule has 1 unspecified atom stereocenters. The molecule has 0 bridgehead atoms. The van der Waals surface area contributed by atoms with Gasteiger partial charge in [-0.15, -0.1) is 0 Å². The summed E-state index contributed by atoms with van der Waals surface area (Å²) in [5, 5.41) is 0. The van der Waals surface area contributed by atoms with Crippen molar-refractivity contribution in [3.63, 3.8) is 0 Å². The monoisotopic (exact) mass is 158 g/mol. The van der Waals surface area contributed by atoms with Crippen LogP contribution in [-0.2, 0) is 4.57 Å². The van der Waals surface area contributed by atoms with Crippen molar-refractivity contribution in [2.45, 2.75) is 0 Å². The quantitative estimate of drug-likeness (QED) is 0.571. The van der Waals surface area contributed by atoms with Gasteiger partial charge in [0.2, 0.25) is 0 Å². The topological polar surface area (TPSA) is 50.2 Å². The van der Waals surface area contributed by atoms with Gasteiger partial charge in [-0.3, -0.25) is 9.55 Å². The Morgan fingerprint density at radius 1 is 1.60 bits per heavy atom. The van der Waals surface area contributed by atoms with E-state index in [1.54, 1.807) is 6.20 Å². The number of pyridine rings is 1. The predicted molar refractivity (Wildman–Crippen MR) is 41.3 cm³/mol. The second-order valence-corrected chi connectivity index (χ2v) is 1.64. The van der Waals surface area contributed by atoms with Gasteiger partial charge in [0.1, 0.15) is 0 Å². The van der Waals surface area contributed by atoms with Crippen molar-refractivity contribution in [3.05, 3.63) is 37.0 Å². The highest BCUT2D eigenvalue weighted by atomic mass is 31.1. The van der Waals surface area contributed by atoms with E-state index in [4.69, 9.17) is 9.46 Å². The fraction of sp³-hybridized carbons (Fsp3) is 0. The molecule has 10 heavy (non-hydrogen) atoms. The van der Waals surface area contributed by atoms with Gasteiger partial charge in [-0.05, 0) is 19.1 Å². The minimum absolute atomic E-state index is 0.822. The molecule has 1 heterocycles. The van der Waals surface area contributed by atoms with Crippen LogP contribution in [0.3, 0.4) is 0 Å². The van der Waals surface area contributed by atoms with Crippen LogP contribution in [0.25, 0.3) is 0 Å². The zero-order valence-corrected chi connectivity index (χ0v) is 6.55. The normalized spacial score (nSPS) is 9.00. The Bertz CT molecular complexity index is 178. The Hall–Kier alpha value is -0.660. The van der Waals surface area contributed by atoms with Crippen LogP contribution in [0.5, 0.6) is 0 Å². The minimum Gasteiger partial charge on any atom is -0.348 e. The van der Waals surface area contributed by atoms with Crippen molar-refractivity contribution in [1.29, 1.82) is 0 Å². The molecule has 0 fully saturated rings. The third-order valence-electron chi connectivity index (χ3n) is 0.726. The second kappa shape index (κ2) is 6.46. The zero-order chi connectivity index (χ0) is 7.82. The summed E-state index contributed by atoms with van der Waals surface area (Å²) >= 11 is 0. The average Bonchev–Trinajstić information content (AvgIpc) is 1.91. The van der Waals surface area contributed by atoms with E-state index in [0.717, 1.165) is 5.69 Å². The largest absolute Gasteiger partial charge is 0.348 e. The van der Waals surface area contributed by atoms with E-state index in [1.807, 2.05) is 18.2 Å². The van der Waals surface area contributed by atoms with Crippen LogP contribution in [0.1, 0.15) is 5.69 Å². The first kappa shape index (κ1) is 9.34. The number of nitrogens with zero attached hydrogens (tertiary/aromatic N) is 1. The van der Waals surface area contributed by atoms with Crippen molar-refractivity contribution in [1.82, 2.24) is 4.98 Å². The molecule has 4 heteroatoms. The molecule has 0 amide bonds. The first-order valence-corrected chi connectivity index (χ1v) is 3.61. The van der Waals surface area contributed by atoms with Gasteiger partial charge in [-0.2, -0.15) is 0 Å². The molecule has 55 valence electrons. The number of hydrogen-bond acceptors (Lipinski definition) is 2. The van der Waals surface area contributed by atoms with E-state index in [1.165, 1.54) is 0 Å². The SMILES string of the molecule is O=[PH2]O.[CH2]c1ccccn1. The van der Waals surface area contributed by atoms with Gasteiger partial charge in [0.15, 0.2) is 8.69 Å². The summed E-state index contributed by atoms with van der Waals surface area (Å²) in [7, 11) is -1.50. The Labute approximate surface area is 61.0 Å². The molecule has 0 saturated heterocycles. The molecule has 1 rings (SSSR count). The summed E-state index contributed by atoms with van der Waals surface area (Å²) in [5.74, 6) is 0. The van der Waals surface area contributed by atoms with E-state index in [9.17, 15) is 0 Å². The van der Waals surface area contributed by atoms with Gasteiger partial charge in [0.05, 0.1) is 0 Å². The summed E-state index contributed by atoms with van der Waals surface area (Å²) in [6.45, 7) is 3.61. The molecule has 0 saturated carbocycles. The zero-order valence-electron chi connectivity index (χ0n) is 5.40. The molecule has 0 aliphatic carbocycles. The molecule has 3 nitrogen and oxygen atoms in total. The highest BCUT2D eigenvalue weighted by Crippen LogP contribution is 1.85. The Balaban J connectivity index is 0.000000236. The summed E-state index contributed by atoms with van der Waals surface area (Å²) in [4.78, 5) is 11.0. The molecular weight excluding hydrogens is 149 g/mol. The first-order chi connectivity index (χ1) is 4.81. The smallest absolute Gasteiger partial charge is 0.177 e. The van der Waals surface area contributed by atoms with E-state index in [0.29, 0.717) is 0 Å². The molecule has 0 aromatic carbocycles. The summed E-state index contributed by atoms with van der Waals surface area (Å²) in [5.41, 5.74) is 0.822. The molecule has 0 aliphatic heterocycles. The summed E-state index contributed by atoms with van der Waals surface area (Å²) < 4.78 is 8.57. The van der Waals surface area contributed by atoms with Crippen LogP contribution < -0.4 is 0 Å². The van der Waals surface area contributed by atoms with Crippen molar-refractivity contribution >= 4 is 8.69 Å². The first-order valence-electron chi connectivity index (χ1n) is 2.62. The molecule has 1 atom stereocenters. The number of rotatable bonds is 0. The highest BCUT2D eigenvalue weighted by Gasteiger charge is 1.73. The standard InChI is InChI=1S/C6H6N.H3O2P/c1-6-4-2-3-5-7-6;1-3-2/h2-5H,1H2;3H2,(H,1,2). The van der Waals surface area contributed by atoms with Crippen LogP contribution in [0.2, 0.25) is 0 Å². The molecule has 1 N–H and O–H groups in total. The Morgan fingerprint density at radius 2 is 2.20 bits per heavy atom. The van der Waals surface area contributed by atoms with E-state index in [2.05, 4.69) is 11.9 Å². The van der Waals surface area contributed by atoms with E-state index < -0.39 is 8.69 Å². The Kier molecular flexibility index (Phi) is 6.03. The van der Waals surface area contributed by atoms with E-state index in [-0.39, 0.29) is 0 Å². The van der Waals surface area contributed by atoms with Crippen molar-refractivity contribution in [2.24, 2.45) is 0 Å². The van der Waals surface area contributed by atoms with Crippen molar-refractivity contribution in [3.8, 4) is 0 Å². The van der Waals surface area contributed by atoms with Crippen LogP contribution in [0.15, 0.2) is 24.4 Å². The lowest BCUT2D eigenvalue weighted by Crippen LogP contribution is -1.72. The second-order valence-electron chi connectivity index (χ2n) is 1.43. The minimum atomic E-state index is -1.50. The average molecular weight is 158 g/mol. The van der Waals surface area contributed by atoms with Crippen molar-refractivity contribution in [2.75, 3.05) is 0 Å². The maximum Gasteiger partial charge on any atom is 0.177 e. The highest BCUT2D eigenvalue weighted by molar-refractivity contribution is 7.16. The van der Waals surface area contributed by atoms with Gasteiger partial charge in [0.25, 0.3) is 0 Å². The lowest BCUT2D eigenvalue weighted by molar-refractivity contribution is 0.524.